The number of rotatable bonds is 10. The third-order valence-electron chi connectivity index (χ3n) is 6.16. The van der Waals surface area contributed by atoms with Gasteiger partial charge in [-0.25, -0.2) is 0 Å². The van der Waals surface area contributed by atoms with Crippen LogP contribution in [0, 0.1) is 11.8 Å². The number of piperidine rings is 1. The highest BCUT2D eigenvalue weighted by molar-refractivity contribution is 5.83. The first-order valence-electron chi connectivity index (χ1n) is 11.1. The molecule has 0 aliphatic carbocycles. The molecule has 2 rings (SSSR count). The van der Waals surface area contributed by atoms with Crippen molar-refractivity contribution in [3.63, 3.8) is 0 Å². The normalized spacial score (nSPS) is 15.9. The molecule has 154 valence electrons. The molecule has 1 saturated heterocycles. The number of aliphatic imine (C=N–C) groups is 1. The SMILES string of the molecule is C=C(CCC)c1ccc(CCC2CCN(C(=C)CN=C(C)C(C)C)CC2)cc1. The van der Waals surface area contributed by atoms with E-state index in [0.29, 0.717) is 5.92 Å². The van der Waals surface area contributed by atoms with Crippen molar-refractivity contribution in [1.29, 1.82) is 0 Å². The molecule has 0 amide bonds. The topological polar surface area (TPSA) is 15.6 Å². The fourth-order valence-electron chi connectivity index (χ4n) is 3.76. The zero-order chi connectivity index (χ0) is 20.5. The Bertz CT molecular complexity index is 658. The summed E-state index contributed by atoms with van der Waals surface area (Å²) < 4.78 is 0. The maximum Gasteiger partial charge on any atom is 0.0781 e. The number of likely N-dealkylation sites (tertiary alicyclic amines) is 1. The predicted molar refractivity (Wildman–Crippen MR) is 125 cm³/mol. The molecule has 0 saturated carbocycles. The maximum absolute atomic E-state index is 4.69. The van der Waals surface area contributed by atoms with Crippen molar-refractivity contribution in [2.75, 3.05) is 19.6 Å². The first-order chi connectivity index (χ1) is 13.4. The van der Waals surface area contributed by atoms with Gasteiger partial charge in [-0.1, -0.05) is 64.6 Å². The summed E-state index contributed by atoms with van der Waals surface area (Å²) in [6.45, 7) is 20.2. The van der Waals surface area contributed by atoms with Crippen molar-refractivity contribution in [3.05, 3.63) is 54.2 Å². The minimum atomic E-state index is 0.525. The van der Waals surface area contributed by atoms with E-state index in [4.69, 9.17) is 4.99 Å². The van der Waals surface area contributed by atoms with Crippen LogP contribution in [-0.4, -0.2) is 30.2 Å². The Balaban J connectivity index is 1.73. The van der Waals surface area contributed by atoms with Crippen LogP contribution in [-0.2, 0) is 6.42 Å². The Morgan fingerprint density at radius 1 is 1.14 bits per heavy atom. The zero-order valence-corrected chi connectivity index (χ0v) is 18.6. The van der Waals surface area contributed by atoms with Gasteiger partial charge in [0.1, 0.15) is 0 Å². The molecule has 0 atom stereocenters. The highest BCUT2D eigenvalue weighted by Crippen LogP contribution is 2.25. The minimum Gasteiger partial charge on any atom is -0.374 e. The van der Waals surface area contributed by atoms with Crippen LogP contribution in [0.5, 0.6) is 0 Å². The van der Waals surface area contributed by atoms with Gasteiger partial charge in [0.05, 0.1) is 6.54 Å². The zero-order valence-electron chi connectivity index (χ0n) is 18.6. The van der Waals surface area contributed by atoms with Gasteiger partial charge in [-0.2, -0.15) is 0 Å². The summed E-state index contributed by atoms with van der Waals surface area (Å²) in [5, 5.41) is 0. The number of nitrogens with zero attached hydrogens (tertiary/aromatic N) is 2. The van der Waals surface area contributed by atoms with Crippen LogP contribution in [0.1, 0.15) is 70.9 Å². The average molecular weight is 381 g/mol. The standard InChI is InChI=1S/C26H40N2/c1-7-8-21(4)26-13-11-24(12-14-26)9-10-25-15-17-28(18-16-25)22(5)19-27-23(6)20(2)3/h11-14,20,25H,4-5,7-10,15-19H2,1-3,6H3. The van der Waals surface area contributed by atoms with Crippen LogP contribution in [0.3, 0.4) is 0 Å². The molecular weight excluding hydrogens is 340 g/mol. The second kappa shape index (κ2) is 11.2. The van der Waals surface area contributed by atoms with Crippen molar-refractivity contribution in [1.82, 2.24) is 4.90 Å². The van der Waals surface area contributed by atoms with Gasteiger partial charge in [0, 0.05) is 24.5 Å². The molecule has 1 heterocycles. The van der Waals surface area contributed by atoms with E-state index in [1.807, 2.05) is 0 Å². The van der Waals surface area contributed by atoms with Crippen molar-refractivity contribution >= 4 is 11.3 Å². The number of benzene rings is 1. The Labute approximate surface area is 173 Å². The molecular formula is C26H40N2. The summed E-state index contributed by atoms with van der Waals surface area (Å²) in [4.78, 5) is 7.14. The molecule has 2 nitrogen and oxygen atoms in total. The molecule has 1 aromatic carbocycles. The van der Waals surface area contributed by atoms with Crippen molar-refractivity contribution in [2.45, 2.75) is 66.2 Å². The molecule has 1 fully saturated rings. The van der Waals surface area contributed by atoms with E-state index in [-0.39, 0.29) is 0 Å². The van der Waals surface area contributed by atoms with E-state index in [2.05, 4.69) is 70.0 Å². The van der Waals surface area contributed by atoms with Gasteiger partial charge in [0.15, 0.2) is 0 Å². The van der Waals surface area contributed by atoms with E-state index in [9.17, 15) is 0 Å². The fraction of sp³-hybridized carbons (Fsp3) is 0.577. The second-order valence-corrected chi connectivity index (χ2v) is 8.70. The molecule has 2 heteroatoms. The van der Waals surface area contributed by atoms with Crippen molar-refractivity contribution < 1.29 is 0 Å². The van der Waals surface area contributed by atoms with Crippen molar-refractivity contribution in [2.24, 2.45) is 16.8 Å². The van der Waals surface area contributed by atoms with E-state index in [1.54, 1.807) is 0 Å². The molecule has 0 N–H and O–H groups in total. The first-order valence-corrected chi connectivity index (χ1v) is 11.1. The molecule has 0 radical (unpaired) electrons. The highest BCUT2D eigenvalue weighted by Gasteiger charge is 2.19. The largest absolute Gasteiger partial charge is 0.374 e. The van der Waals surface area contributed by atoms with Crippen LogP contribution < -0.4 is 0 Å². The lowest BCUT2D eigenvalue weighted by Gasteiger charge is -2.34. The summed E-state index contributed by atoms with van der Waals surface area (Å²) in [6, 6.07) is 9.09. The summed E-state index contributed by atoms with van der Waals surface area (Å²) in [5.41, 5.74) is 6.42. The van der Waals surface area contributed by atoms with Crippen LogP contribution >= 0.6 is 0 Å². The number of hydrogen-bond acceptors (Lipinski definition) is 2. The van der Waals surface area contributed by atoms with Gasteiger partial charge < -0.3 is 4.90 Å². The smallest absolute Gasteiger partial charge is 0.0781 e. The maximum atomic E-state index is 4.69. The van der Waals surface area contributed by atoms with Gasteiger partial charge in [-0.3, -0.25) is 4.99 Å². The lowest BCUT2D eigenvalue weighted by molar-refractivity contribution is 0.218. The monoisotopic (exact) mass is 380 g/mol. The van der Waals surface area contributed by atoms with Gasteiger partial charge in [0.25, 0.3) is 0 Å². The minimum absolute atomic E-state index is 0.525. The number of hydrogen-bond donors (Lipinski definition) is 0. The molecule has 0 aromatic heterocycles. The van der Waals surface area contributed by atoms with Crippen LogP contribution in [0.2, 0.25) is 0 Å². The Hall–Kier alpha value is -1.83. The molecule has 1 aliphatic rings. The van der Waals surface area contributed by atoms with Crippen molar-refractivity contribution in [3.8, 4) is 0 Å². The third kappa shape index (κ3) is 6.96. The number of aryl methyl sites for hydroxylation is 1. The van der Waals surface area contributed by atoms with Gasteiger partial charge in [-0.15, -0.1) is 0 Å². The van der Waals surface area contributed by atoms with E-state index in [0.717, 1.165) is 38.4 Å². The lowest BCUT2D eigenvalue weighted by atomic mass is 9.90. The van der Waals surface area contributed by atoms with E-state index < -0.39 is 0 Å². The Morgan fingerprint density at radius 2 is 1.79 bits per heavy atom. The van der Waals surface area contributed by atoms with E-state index in [1.165, 1.54) is 53.8 Å². The summed E-state index contributed by atoms with van der Waals surface area (Å²) in [5.74, 6) is 1.36. The molecule has 1 aliphatic heterocycles. The van der Waals surface area contributed by atoms with Gasteiger partial charge in [0.2, 0.25) is 0 Å². The fourth-order valence-corrected chi connectivity index (χ4v) is 3.76. The van der Waals surface area contributed by atoms with Gasteiger partial charge >= 0.3 is 0 Å². The highest BCUT2D eigenvalue weighted by atomic mass is 15.1. The third-order valence-corrected chi connectivity index (χ3v) is 6.16. The molecule has 0 bridgehead atoms. The quantitative estimate of drug-likeness (QED) is 0.409. The Kier molecular flexibility index (Phi) is 9.02. The van der Waals surface area contributed by atoms with Gasteiger partial charge in [-0.05, 0) is 67.6 Å². The number of allylic oxidation sites excluding steroid dienone is 1. The lowest BCUT2D eigenvalue weighted by Crippen LogP contribution is -2.33. The molecule has 0 spiro atoms. The molecule has 28 heavy (non-hydrogen) atoms. The first kappa shape index (κ1) is 22.5. The molecule has 0 unspecified atom stereocenters. The summed E-state index contributed by atoms with van der Waals surface area (Å²) in [7, 11) is 0. The summed E-state index contributed by atoms with van der Waals surface area (Å²) in [6.07, 6.45) is 7.28. The predicted octanol–water partition coefficient (Wildman–Crippen LogP) is 6.78. The Morgan fingerprint density at radius 3 is 2.36 bits per heavy atom. The van der Waals surface area contributed by atoms with Crippen LogP contribution in [0.4, 0.5) is 0 Å². The van der Waals surface area contributed by atoms with Crippen LogP contribution in [0.15, 0.2) is 48.1 Å². The van der Waals surface area contributed by atoms with Crippen LogP contribution in [0.25, 0.3) is 5.57 Å². The average Bonchev–Trinajstić information content (AvgIpc) is 2.71. The molecule has 1 aromatic rings. The summed E-state index contributed by atoms with van der Waals surface area (Å²) >= 11 is 0. The second-order valence-electron chi connectivity index (χ2n) is 8.70. The van der Waals surface area contributed by atoms with E-state index >= 15 is 0 Å².